The number of benzene rings is 1. The lowest BCUT2D eigenvalue weighted by Crippen LogP contribution is -1.91. The molecule has 0 amide bonds. The van der Waals surface area contributed by atoms with Gasteiger partial charge in [0.25, 0.3) is 0 Å². The van der Waals surface area contributed by atoms with Crippen LogP contribution in [0.2, 0.25) is 10.0 Å². The van der Waals surface area contributed by atoms with Crippen LogP contribution in [0.25, 0.3) is 5.57 Å². The maximum atomic E-state index is 6.17. The van der Waals surface area contributed by atoms with Gasteiger partial charge >= 0.3 is 0 Å². The van der Waals surface area contributed by atoms with Gasteiger partial charge in [0.15, 0.2) is 0 Å². The van der Waals surface area contributed by atoms with E-state index >= 15 is 0 Å². The number of aromatic amines is 1. The van der Waals surface area contributed by atoms with E-state index in [-0.39, 0.29) is 0 Å². The molecule has 2 nitrogen and oxygen atoms in total. The Labute approximate surface area is 104 Å². The van der Waals surface area contributed by atoms with E-state index in [2.05, 4.69) is 9.97 Å². The van der Waals surface area contributed by atoms with E-state index in [1.807, 2.05) is 25.1 Å². The minimum absolute atomic E-state index is 0.546. The van der Waals surface area contributed by atoms with Crippen molar-refractivity contribution in [2.45, 2.75) is 6.92 Å². The summed E-state index contributed by atoms with van der Waals surface area (Å²) in [6, 6.07) is 5.56. The molecule has 0 bridgehead atoms. The van der Waals surface area contributed by atoms with Crippen molar-refractivity contribution in [1.29, 1.82) is 0 Å². The fourth-order valence-electron chi connectivity index (χ4n) is 1.54. The van der Waals surface area contributed by atoms with Gasteiger partial charge in [-0.2, -0.15) is 0 Å². The first-order chi connectivity index (χ1) is 7.74. The van der Waals surface area contributed by atoms with Gasteiger partial charge in [0.2, 0.25) is 0 Å². The summed E-state index contributed by atoms with van der Waals surface area (Å²) in [5, 5.41) is 1.10. The van der Waals surface area contributed by atoms with E-state index in [0.717, 1.165) is 17.0 Å². The molecule has 2 aromatic rings. The highest BCUT2D eigenvalue weighted by atomic mass is 35.5. The maximum absolute atomic E-state index is 6.17. The van der Waals surface area contributed by atoms with Gasteiger partial charge in [0.05, 0.1) is 10.0 Å². The molecule has 0 radical (unpaired) electrons. The zero-order valence-electron chi connectivity index (χ0n) is 8.67. The lowest BCUT2D eigenvalue weighted by molar-refractivity contribution is 1.23. The lowest BCUT2D eigenvalue weighted by Gasteiger charge is -2.07. The molecule has 2 rings (SSSR count). The summed E-state index contributed by atoms with van der Waals surface area (Å²) in [5.74, 6) is 0.784. The summed E-state index contributed by atoms with van der Waals surface area (Å²) in [5.41, 5.74) is 1.82. The number of hydrogen-bond acceptors (Lipinski definition) is 1. The highest BCUT2D eigenvalue weighted by Gasteiger charge is 2.11. The molecular weight excluding hydrogens is 243 g/mol. The molecule has 0 aliphatic rings. The van der Waals surface area contributed by atoms with Gasteiger partial charge in [0, 0.05) is 23.5 Å². The molecule has 1 aromatic heterocycles. The van der Waals surface area contributed by atoms with E-state index in [9.17, 15) is 0 Å². The van der Waals surface area contributed by atoms with Crippen molar-refractivity contribution >= 4 is 28.8 Å². The first-order valence-electron chi connectivity index (χ1n) is 4.84. The summed E-state index contributed by atoms with van der Waals surface area (Å²) < 4.78 is 0. The number of nitrogens with one attached hydrogen (secondary N) is 1. The molecule has 16 heavy (non-hydrogen) atoms. The Morgan fingerprint density at radius 3 is 2.81 bits per heavy atom. The van der Waals surface area contributed by atoms with E-state index in [4.69, 9.17) is 23.2 Å². The highest BCUT2D eigenvalue weighted by molar-refractivity contribution is 6.43. The normalized spacial score (nSPS) is 11.8. The Kier molecular flexibility index (Phi) is 3.32. The van der Waals surface area contributed by atoms with Crippen LogP contribution in [-0.2, 0) is 0 Å². The Morgan fingerprint density at radius 2 is 2.19 bits per heavy atom. The van der Waals surface area contributed by atoms with Crippen LogP contribution in [0, 0.1) is 0 Å². The van der Waals surface area contributed by atoms with Crippen LogP contribution in [0.15, 0.2) is 36.7 Å². The van der Waals surface area contributed by atoms with Crippen LogP contribution in [0.4, 0.5) is 0 Å². The molecule has 4 heteroatoms. The molecule has 0 aliphatic carbocycles. The lowest BCUT2D eigenvalue weighted by atomic mass is 10.1. The maximum Gasteiger partial charge on any atom is 0.137 e. The Balaban J connectivity index is 2.55. The molecule has 0 atom stereocenters. The smallest absolute Gasteiger partial charge is 0.137 e. The van der Waals surface area contributed by atoms with Gasteiger partial charge in [-0.1, -0.05) is 41.4 Å². The minimum Gasteiger partial charge on any atom is -0.345 e. The quantitative estimate of drug-likeness (QED) is 0.854. The summed E-state index contributed by atoms with van der Waals surface area (Å²) >= 11 is 12.2. The van der Waals surface area contributed by atoms with Crippen LogP contribution >= 0.6 is 23.2 Å². The van der Waals surface area contributed by atoms with Crippen molar-refractivity contribution in [3.05, 3.63) is 58.1 Å². The van der Waals surface area contributed by atoms with Crippen LogP contribution in [0.1, 0.15) is 18.3 Å². The van der Waals surface area contributed by atoms with Crippen LogP contribution in [0.5, 0.6) is 0 Å². The SMILES string of the molecule is C/C=C(/c1ncc[nH]1)c1cccc(Cl)c1Cl. The number of hydrogen-bond donors (Lipinski definition) is 1. The minimum atomic E-state index is 0.546. The van der Waals surface area contributed by atoms with Crippen molar-refractivity contribution in [3.63, 3.8) is 0 Å². The molecule has 1 N–H and O–H groups in total. The first-order valence-corrected chi connectivity index (χ1v) is 5.60. The van der Waals surface area contributed by atoms with E-state index < -0.39 is 0 Å². The van der Waals surface area contributed by atoms with Crippen LogP contribution in [-0.4, -0.2) is 9.97 Å². The number of halogens is 2. The second-order valence-corrected chi connectivity index (χ2v) is 4.03. The molecule has 0 unspecified atom stereocenters. The summed E-state index contributed by atoms with van der Waals surface area (Å²) in [4.78, 5) is 7.26. The number of H-pyrrole nitrogens is 1. The second kappa shape index (κ2) is 4.73. The van der Waals surface area contributed by atoms with Gasteiger partial charge in [0.1, 0.15) is 5.82 Å². The molecule has 1 aromatic carbocycles. The van der Waals surface area contributed by atoms with Crippen molar-refractivity contribution in [2.24, 2.45) is 0 Å². The summed E-state index contributed by atoms with van der Waals surface area (Å²) in [6.07, 6.45) is 5.44. The molecule has 0 spiro atoms. The standard InChI is InChI=1S/C12H10Cl2N2/c1-2-8(12-15-6-7-16-12)9-4-3-5-10(13)11(9)14/h2-7H,1H3,(H,15,16)/b8-2+. The van der Waals surface area contributed by atoms with E-state index in [1.54, 1.807) is 18.5 Å². The average molecular weight is 253 g/mol. The molecule has 1 heterocycles. The van der Waals surface area contributed by atoms with Gasteiger partial charge in [-0.25, -0.2) is 4.98 Å². The van der Waals surface area contributed by atoms with Crippen molar-refractivity contribution < 1.29 is 0 Å². The number of aromatic nitrogens is 2. The summed E-state index contributed by atoms with van der Waals surface area (Å²) in [6.45, 7) is 1.94. The predicted octanol–water partition coefficient (Wildman–Crippen LogP) is 4.17. The number of nitrogens with zero attached hydrogens (tertiary/aromatic N) is 1. The van der Waals surface area contributed by atoms with Crippen molar-refractivity contribution in [2.75, 3.05) is 0 Å². The molecule has 0 aliphatic heterocycles. The zero-order chi connectivity index (χ0) is 11.5. The monoisotopic (exact) mass is 252 g/mol. The third-order valence-electron chi connectivity index (χ3n) is 2.28. The fourth-order valence-corrected chi connectivity index (χ4v) is 1.95. The zero-order valence-corrected chi connectivity index (χ0v) is 10.2. The van der Waals surface area contributed by atoms with Gasteiger partial charge in [-0.3, -0.25) is 0 Å². The molecule has 82 valence electrons. The van der Waals surface area contributed by atoms with Crippen molar-refractivity contribution in [3.8, 4) is 0 Å². The number of imidazole rings is 1. The molecular formula is C12H10Cl2N2. The van der Waals surface area contributed by atoms with Crippen LogP contribution < -0.4 is 0 Å². The molecule has 0 fully saturated rings. The van der Waals surface area contributed by atoms with Crippen LogP contribution in [0.3, 0.4) is 0 Å². The Hall–Kier alpha value is -1.25. The third-order valence-corrected chi connectivity index (χ3v) is 3.10. The average Bonchev–Trinajstić information content (AvgIpc) is 2.79. The number of allylic oxidation sites excluding steroid dienone is 1. The fraction of sp³-hybridized carbons (Fsp3) is 0.0833. The van der Waals surface area contributed by atoms with Gasteiger partial charge in [-0.05, 0) is 13.0 Å². The molecule has 0 saturated carbocycles. The highest BCUT2D eigenvalue weighted by Crippen LogP contribution is 2.32. The number of rotatable bonds is 2. The molecule has 0 saturated heterocycles. The van der Waals surface area contributed by atoms with E-state index in [0.29, 0.717) is 10.0 Å². The Morgan fingerprint density at radius 1 is 1.38 bits per heavy atom. The predicted molar refractivity (Wildman–Crippen MR) is 67.8 cm³/mol. The van der Waals surface area contributed by atoms with E-state index in [1.165, 1.54) is 0 Å². The van der Waals surface area contributed by atoms with Crippen molar-refractivity contribution in [1.82, 2.24) is 9.97 Å². The topological polar surface area (TPSA) is 28.7 Å². The largest absolute Gasteiger partial charge is 0.345 e. The van der Waals surface area contributed by atoms with Gasteiger partial charge < -0.3 is 4.98 Å². The second-order valence-electron chi connectivity index (χ2n) is 3.24. The first kappa shape index (κ1) is 11.2. The Bertz CT molecular complexity index is 516. The third kappa shape index (κ3) is 1.99. The van der Waals surface area contributed by atoms with Gasteiger partial charge in [-0.15, -0.1) is 0 Å². The summed E-state index contributed by atoms with van der Waals surface area (Å²) in [7, 11) is 0.